The minimum absolute atomic E-state index is 0.0340. The van der Waals surface area contributed by atoms with Crippen molar-refractivity contribution in [1.29, 1.82) is 5.26 Å². The van der Waals surface area contributed by atoms with Crippen molar-refractivity contribution in [2.45, 2.75) is 220 Å². The normalized spacial score (nSPS) is 29.8. The lowest BCUT2D eigenvalue weighted by atomic mass is 9.67. The number of likely N-dealkylation sites (tertiary alicyclic amines) is 3. The van der Waals surface area contributed by atoms with E-state index in [1.165, 1.54) is 64.2 Å². The Morgan fingerprint density at radius 2 is 1.18 bits per heavy atom. The Labute approximate surface area is 720 Å². The van der Waals surface area contributed by atoms with Crippen LogP contribution in [0.1, 0.15) is 161 Å². The molecule has 4 saturated carbocycles. The number of unbranched alkanes of at least 4 members (excludes halogenated alkanes) is 5. The molecule has 0 spiro atoms. The maximum absolute atomic E-state index is 13.8. The van der Waals surface area contributed by atoms with Crippen LogP contribution < -0.4 is 26.6 Å². The van der Waals surface area contributed by atoms with Gasteiger partial charge in [-0.05, 0) is 140 Å². The Bertz CT molecular complexity index is 2940. The molecule has 32 heteroatoms. The molecular weight excluding hydrogens is 1570 g/mol. The van der Waals surface area contributed by atoms with Crippen molar-refractivity contribution >= 4 is 52.9 Å². The molecule has 15 unspecified atom stereocenters. The first-order valence-electron chi connectivity index (χ1n) is 46.0. The smallest absolute Gasteiger partial charge is 0.315 e. The summed E-state index contributed by atoms with van der Waals surface area (Å²) in [6, 6.07) is 2.79. The van der Waals surface area contributed by atoms with E-state index in [2.05, 4.69) is 59.3 Å². The van der Waals surface area contributed by atoms with E-state index < -0.39 is 6.04 Å². The molecule has 10 fully saturated rings. The predicted octanol–water partition coefficient (Wildman–Crippen LogP) is 6.77. The van der Waals surface area contributed by atoms with Crippen molar-refractivity contribution < 1.29 is 85.6 Å². The molecule has 6 amide bonds. The third-order valence-corrected chi connectivity index (χ3v) is 27.2. The summed E-state index contributed by atoms with van der Waals surface area (Å²) in [6.07, 6.45) is 28.6. The van der Waals surface area contributed by atoms with Crippen molar-refractivity contribution in [3.8, 4) is 6.07 Å². The predicted molar refractivity (Wildman–Crippen MR) is 453 cm³/mol. The van der Waals surface area contributed by atoms with Crippen molar-refractivity contribution in [1.82, 2.24) is 56.0 Å². The summed E-state index contributed by atoms with van der Waals surface area (Å²) in [6.45, 7) is 20.2. The number of nitrogens with zero attached hydrogens (tertiary/aromatic N) is 7. The molecule has 10 rings (SSSR count). The first-order chi connectivity index (χ1) is 58.3. The third kappa shape index (κ3) is 34.6. The van der Waals surface area contributed by atoms with Crippen LogP contribution in [-0.4, -0.2) is 363 Å². The van der Waals surface area contributed by atoms with Crippen molar-refractivity contribution in [3.63, 3.8) is 0 Å². The van der Waals surface area contributed by atoms with Crippen LogP contribution in [0.4, 0.5) is 4.79 Å². The number of imide groups is 1. The molecule has 17 atom stereocenters. The number of amides is 6. The number of ether oxygens (including phenoxy) is 13. The number of hydrogen-bond donors (Lipinski definition) is 5. The highest BCUT2D eigenvalue weighted by Crippen LogP contribution is 2.47. The van der Waals surface area contributed by atoms with Crippen molar-refractivity contribution in [2.75, 3.05) is 245 Å². The summed E-state index contributed by atoms with van der Waals surface area (Å²) in [4.78, 5) is 77.6. The van der Waals surface area contributed by atoms with E-state index in [-0.39, 0.29) is 102 Å². The second-order valence-corrected chi connectivity index (χ2v) is 36.0. The van der Waals surface area contributed by atoms with Gasteiger partial charge in [0.1, 0.15) is 6.04 Å². The van der Waals surface area contributed by atoms with Gasteiger partial charge in [0.15, 0.2) is 6.35 Å². The number of carbonyl (C=O) groups excluding carboxylic acids is 5. The van der Waals surface area contributed by atoms with Crippen LogP contribution in [0.15, 0.2) is 12.2 Å². The lowest BCUT2D eigenvalue weighted by Crippen LogP contribution is -2.74. The fourth-order valence-corrected chi connectivity index (χ4v) is 21.0. The van der Waals surface area contributed by atoms with Crippen LogP contribution in [0.25, 0.3) is 0 Å². The number of halogens is 2. The third-order valence-electron chi connectivity index (χ3n) is 26.3. The average Bonchev–Trinajstić information content (AvgIpc) is 1.05. The van der Waals surface area contributed by atoms with Gasteiger partial charge in [0.05, 0.1) is 183 Å². The van der Waals surface area contributed by atoms with Gasteiger partial charge in [0, 0.05) is 118 Å². The van der Waals surface area contributed by atoms with Crippen LogP contribution in [0.5, 0.6) is 0 Å². The van der Waals surface area contributed by atoms with E-state index in [1.54, 1.807) is 11.0 Å². The second kappa shape index (κ2) is 56.5. The molecule has 5 N–H and O–H groups in total. The van der Waals surface area contributed by atoms with Crippen LogP contribution in [0.2, 0.25) is 0 Å². The van der Waals surface area contributed by atoms with Gasteiger partial charge in [0.2, 0.25) is 23.6 Å². The fourth-order valence-electron chi connectivity index (χ4n) is 20.0. The number of alkyl halides is 2. The van der Waals surface area contributed by atoms with Gasteiger partial charge < -0.3 is 91.8 Å². The summed E-state index contributed by atoms with van der Waals surface area (Å²) < 4.78 is 74.5. The molecule has 30 nitrogen and oxygen atoms in total. The van der Waals surface area contributed by atoms with Gasteiger partial charge in [-0.15, -0.1) is 23.2 Å². The zero-order valence-electron chi connectivity index (χ0n) is 72.1. The molecule has 10 aliphatic rings. The molecule has 0 radical (unpaired) electrons. The van der Waals surface area contributed by atoms with E-state index in [1.807, 2.05) is 18.0 Å². The number of nitriles is 1. The van der Waals surface area contributed by atoms with Crippen LogP contribution >= 0.6 is 23.2 Å². The Balaban J connectivity index is 0.422. The number of fused-ring (bicyclic) bond motifs is 3. The molecule has 6 heterocycles. The summed E-state index contributed by atoms with van der Waals surface area (Å²) >= 11 is 13.9. The first-order valence-corrected chi connectivity index (χ1v) is 46.9. The average molecular weight is 1720 g/mol. The Kier molecular flexibility index (Phi) is 46.3. The maximum Gasteiger partial charge on any atom is 0.315 e. The summed E-state index contributed by atoms with van der Waals surface area (Å²) in [5.41, 5.74) is 0. The van der Waals surface area contributed by atoms with E-state index in [0.29, 0.717) is 234 Å². The van der Waals surface area contributed by atoms with Gasteiger partial charge in [-0.1, -0.05) is 70.3 Å². The molecular formula is C87H150Cl2N12O18. The summed E-state index contributed by atoms with van der Waals surface area (Å²) in [5, 5.41) is 26.9. The lowest BCUT2D eigenvalue weighted by molar-refractivity contribution is -0.144. The minimum Gasteiger partial charge on any atom is -0.379 e. The zero-order chi connectivity index (χ0) is 83.4. The SMILES string of the molecule is CN(C/C=C/C(=O)N1CCN(C2NC(OC[C@@H]3CCCN3C)NC3CN(C4CCCC5CCCC(Cl)C54)CCC32)C[C@@H]1CC#N)CCOCCOCCOCCOCCOCCOCCOCCOCCOCCOCCOCCOCCCCCCCCC1CC(Cl)CC(NC(=O)NCC2CCC3C(=O)N(C4CCC(=O)NC4=O)CC3C2)C1. The Morgan fingerprint density at radius 1 is 0.580 bits per heavy atom. The Hall–Kier alpha value is -3.60. The highest BCUT2D eigenvalue weighted by molar-refractivity contribution is 6.21. The molecule has 680 valence electrons. The molecule has 0 aromatic rings. The fraction of sp³-hybridized carbons (Fsp3) is 0.908. The molecule has 0 bridgehead atoms. The highest BCUT2D eigenvalue weighted by Gasteiger charge is 2.51. The number of hydrogen-bond acceptors (Lipinski definition) is 25. The van der Waals surface area contributed by atoms with Gasteiger partial charge in [-0.2, -0.15) is 5.26 Å². The van der Waals surface area contributed by atoms with Crippen molar-refractivity contribution in [3.05, 3.63) is 12.2 Å². The van der Waals surface area contributed by atoms with Gasteiger partial charge >= 0.3 is 6.03 Å². The maximum atomic E-state index is 13.8. The number of nitrogens with one attached hydrogen (secondary N) is 5. The number of urea groups is 1. The highest BCUT2D eigenvalue weighted by atomic mass is 35.5. The topological polar surface area (TPSA) is 309 Å². The minimum atomic E-state index is -0.559. The summed E-state index contributed by atoms with van der Waals surface area (Å²) in [5.74, 6) is 1.93. The van der Waals surface area contributed by atoms with Gasteiger partial charge in [-0.3, -0.25) is 44.9 Å². The molecule has 0 aromatic heterocycles. The van der Waals surface area contributed by atoms with E-state index in [4.69, 9.17) is 84.8 Å². The van der Waals surface area contributed by atoms with Gasteiger partial charge in [0.25, 0.3) is 0 Å². The van der Waals surface area contributed by atoms with Crippen molar-refractivity contribution in [2.24, 2.45) is 41.4 Å². The standard InChI is InChI=1S/C87H150Cl2N12O18/c1-96(27-12-19-81(103)100-31-30-99(63-72(100)24-26-90)83-75-25-29-98(78-18-10-15-68-14-9-17-76(89)82(68)78)64-77(75)93-87(95-83)119-65-73-16-11-28-97(73)2)32-34-108-36-38-110-40-42-112-44-46-114-48-50-116-52-54-118-56-55-117-53-51-115-49-47-113-45-43-111-41-39-109-37-35-107-33-8-6-4-3-5-7-13-66-58-70(88)60-71(59-66)92-86(106)91-61-67-20-21-74-69(57-67)62-101(85(74)105)79-22-23-80(102)94-84(79)104/h12,19,66-79,82-83,87,93,95H,3-11,13-18,20-25,27-65H2,1-2H3,(H2,91,92,106)(H,94,102,104)/b19-12+/t66?,67?,68?,69?,70?,71?,72-,73-,74?,75?,76?,77?,78?,79?,82?,83?,87?/m0/s1. The number of piperazine rings is 1. The molecule has 4 aliphatic carbocycles. The van der Waals surface area contributed by atoms with E-state index in [0.717, 1.165) is 116 Å². The molecule has 6 saturated heterocycles. The van der Waals surface area contributed by atoms with Gasteiger partial charge in [-0.25, -0.2) is 4.79 Å². The van der Waals surface area contributed by atoms with Crippen LogP contribution in [0.3, 0.4) is 0 Å². The quantitative estimate of drug-likeness (QED) is 0.0182. The number of rotatable bonds is 58. The number of likely N-dealkylation sites (N-methyl/N-ethyl adjacent to an activating group) is 2. The summed E-state index contributed by atoms with van der Waals surface area (Å²) in [7, 11) is 4.22. The number of carbonyl (C=O) groups is 5. The Morgan fingerprint density at radius 3 is 1.80 bits per heavy atom. The van der Waals surface area contributed by atoms with E-state index >= 15 is 0 Å². The van der Waals surface area contributed by atoms with Crippen LogP contribution in [0, 0.1) is 52.8 Å². The molecule has 0 aromatic carbocycles. The first kappa shape index (κ1) is 97.6. The zero-order valence-corrected chi connectivity index (χ0v) is 73.6. The van der Waals surface area contributed by atoms with E-state index in [9.17, 15) is 29.2 Å². The van der Waals surface area contributed by atoms with Crippen LogP contribution in [-0.2, 0) is 80.8 Å². The monoisotopic (exact) mass is 1720 g/mol. The molecule has 6 aliphatic heterocycles. The number of piperidine rings is 2. The molecule has 119 heavy (non-hydrogen) atoms. The largest absolute Gasteiger partial charge is 0.379 e. The lowest BCUT2D eigenvalue weighted by Gasteiger charge is -2.56. The second-order valence-electron chi connectivity index (χ2n) is 34.8.